The average Bonchev–Trinajstić information content (AvgIpc) is 2.27. The molecule has 1 aromatic carbocycles. The van der Waals surface area contributed by atoms with Crippen LogP contribution in [0.2, 0.25) is 0 Å². The highest BCUT2D eigenvalue weighted by Gasteiger charge is 2.25. The van der Waals surface area contributed by atoms with Crippen LogP contribution in [0.3, 0.4) is 0 Å². The molecule has 5 heteroatoms. The van der Waals surface area contributed by atoms with Gasteiger partial charge < -0.3 is 9.84 Å². The Morgan fingerprint density at radius 1 is 1.40 bits per heavy atom. The number of benzene rings is 1. The molecule has 1 rings (SSSR count). The van der Waals surface area contributed by atoms with Crippen LogP contribution in [-0.2, 0) is 0 Å². The minimum Gasteiger partial charge on any atom is -0.497 e. The Balaban J connectivity index is 2.82. The summed E-state index contributed by atoms with van der Waals surface area (Å²) in [6.45, 7) is 1.37. The van der Waals surface area contributed by atoms with Crippen LogP contribution in [0, 0.1) is 10.1 Å². The highest BCUT2D eigenvalue weighted by atomic mass is 16.6. The molecule has 1 aromatic rings. The number of nitro groups is 1. The number of hydrogen-bond acceptors (Lipinski definition) is 4. The van der Waals surface area contributed by atoms with Crippen LogP contribution in [-0.4, -0.2) is 23.2 Å². The quantitative estimate of drug-likeness (QED) is 0.603. The second-order valence-electron chi connectivity index (χ2n) is 3.24. The van der Waals surface area contributed by atoms with Crippen LogP contribution in [0.15, 0.2) is 24.3 Å². The summed E-state index contributed by atoms with van der Waals surface area (Å²) in [5.41, 5.74) is 0.514. The number of methoxy groups -OCH3 is 1. The van der Waals surface area contributed by atoms with Gasteiger partial charge in [0, 0.05) is 11.8 Å². The van der Waals surface area contributed by atoms with Gasteiger partial charge in [-0.25, -0.2) is 0 Å². The predicted molar refractivity (Wildman–Crippen MR) is 54.4 cm³/mol. The zero-order valence-corrected chi connectivity index (χ0v) is 8.58. The third-order valence-electron chi connectivity index (χ3n) is 2.25. The molecule has 15 heavy (non-hydrogen) atoms. The summed E-state index contributed by atoms with van der Waals surface area (Å²) in [6.07, 6.45) is -1.09. The van der Waals surface area contributed by atoms with E-state index in [1.54, 1.807) is 24.3 Å². The average molecular weight is 211 g/mol. The van der Waals surface area contributed by atoms with E-state index in [-0.39, 0.29) is 0 Å². The van der Waals surface area contributed by atoms with E-state index in [2.05, 4.69) is 0 Å². The number of aliphatic hydroxyl groups excluding tert-OH is 1. The van der Waals surface area contributed by atoms with Crippen molar-refractivity contribution in [1.29, 1.82) is 0 Å². The second-order valence-corrected chi connectivity index (χ2v) is 3.24. The first-order chi connectivity index (χ1) is 7.06. The fourth-order valence-electron chi connectivity index (χ4n) is 1.19. The van der Waals surface area contributed by atoms with Gasteiger partial charge >= 0.3 is 0 Å². The van der Waals surface area contributed by atoms with Gasteiger partial charge in [0.2, 0.25) is 6.04 Å². The van der Waals surface area contributed by atoms with Gasteiger partial charge in [0.15, 0.2) is 0 Å². The minimum atomic E-state index is -1.09. The molecule has 1 N–H and O–H groups in total. The van der Waals surface area contributed by atoms with Gasteiger partial charge in [-0.2, -0.15) is 0 Å². The lowest BCUT2D eigenvalue weighted by molar-refractivity contribution is -0.531. The highest BCUT2D eigenvalue weighted by Crippen LogP contribution is 2.21. The van der Waals surface area contributed by atoms with E-state index in [1.165, 1.54) is 14.0 Å². The maximum atomic E-state index is 10.5. The molecule has 0 amide bonds. The number of rotatable bonds is 4. The van der Waals surface area contributed by atoms with E-state index >= 15 is 0 Å². The topological polar surface area (TPSA) is 72.6 Å². The maximum absolute atomic E-state index is 10.5. The van der Waals surface area contributed by atoms with Crippen LogP contribution >= 0.6 is 0 Å². The van der Waals surface area contributed by atoms with Gasteiger partial charge in [-0.15, -0.1) is 0 Å². The molecular weight excluding hydrogens is 198 g/mol. The highest BCUT2D eigenvalue weighted by molar-refractivity contribution is 5.28. The van der Waals surface area contributed by atoms with E-state index in [0.29, 0.717) is 11.3 Å². The fraction of sp³-hybridized carbons (Fsp3) is 0.400. The standard InChI is InChI=1S/C10H13NO4/c1-7(11(13)14)10(12)8-3-5-9(15-2)6-4-8/h3-7,10,12H,1-2H3/t7-,10-/m0/s1. The van der Waals surface area contributed by atoms with Crippen molar-refractivity contribution in [3.05, 3.63) is 39.9 Å². The molecular formula is C10H13NO4. The van der Waals surface area contributed by atoms with Crippen molar-refractivity contribution >= 4 is 0 Å². The zero-order chi connectivity index (χ0) is 11.4. The van der Waals surface area contributed by atoms with Gasteiger partial charge in [0.05, 0.1) is 7.11 Å². The third kappa shape index (κ3) is 2.66. The van der Waals surface area contributed by atoms with Crippen molar-refractivity contribution in [3.63, 3.8) is 0 Å². The van der Waals surface area contributed by atoms with Gasteiger partial charge in [-0.3, -0.25) is 10.1 Å². The second kappa shape index (κ2) is 4.75. The summed E-state index contributed by atoms with van der Waals surface area (Å²) >= 11 is 0. The van der Waals surface area contributed by atoms with Gasteiger partial charge in [-0.1, -0.05) is 12.1 Å². The molecule has 0 fully saturated rings. The summed E-state index contributed by atoms with van der Waals surface area (Å²) in [7, 11) is 1.53. The van der Waals surface area contributed by atoms with E-state index in [1.807, 2.05) is 0 Å². The van der Waals surface area contributed by atoms with E-state index in [9.17, 15) is 15.2 Å². The molecule has 0 bridgehead atoms. The summed E-state index contributed by atoms with van der Waals surface area (Å²) in [5, 5.41) is 20.1. The van der Waals surface area contributed by atoms with Gasteiger partial charge in [0.25, 0.3) is 0 Å². The summed E-state index contributed by atoms with van der Waals surface area (Å²) < 4.78 is 4.94. The van der Waals surface area contributed by atoms with E-state index in [0.717, 1.165) is 0 Å². The van der Waals surface area contributed by atoms with Crippen molar-refractivity contribution in [2.75, 3.05) is 7.11 Å². The van der Waals surface area contributed by atoms with Crippen LogP contribution in [0.1, 0.15) is 18.6 Å². The van der Waals surface area contributed by atoms with Crippen molar-refractivity contribution in [3.8, 4) is 5.75 Å². The lowest BCUT2D eigenvalue weighted by Gasteiger charge is -2.12. The van der Waals surface area contributed by atoms with Crippen LogP contribution < -0.4 is 4.74 Å². The largest absolute Gasteiger partial charge is 0.497 e. The smallest absolute Gasteiger partial charge is 0.239 e. The number of ether oxygens (including phenoxy) is 1. The first-order valence-corrected chi connectivity index (χ1v) is 4.51. The molecule has 0 spiro atoms. The molecule has 0 aromatic heterocycles. The first kappa shape index (κ1) is 11.5. The number of aliphatic hydroxyl groups is 1. The molecule has 5 nitrogen and oxygen atoms in total. The Morgan fingerprint density at radius 2 is 1.93 bits per heavy atom. The van der Waals surface area contributed by atoms with Crippen LogP contribution in [0.25, 0.3) is 0 Å². The van der Waals surface area contributed by atoms with Crippen molar-refractivity contribution < 1.29 is 14.8 Å². The summed E-state index contributed by atoms with van der Waals surface area (Å²) in [6, 6.07) is 5.53. The molecule has 0 aliphatic heterocycles. The number of nitrogens with zero attached hydrogens (tertiary/aromatic N) is 1. The zero-order valence-electron chi connectivity index (χ0n) is 8.58. The van der Waals surface area contributed by atoms with Gasteiger partial charge in [-0.05, 0) is 17.7 Å². The lowest BCUT2D eigenvalue weighted by atomic mass is 10.0. The molecule has 82 valence electrons. The molecule has 0 unspecified atom stereocenters. The molecule has 0 radical (unpaired) electrons. The summed E-state index contributed by atoms with van der Waals surface area (Å²) in [5.74, 6) is 0.653. The molecule has 0 saturated heterocycles. The SMILES string of the molecule is COc1ccc([C@@H](O)[C@H](C)[N+](=O)[O-])cc1. The van der Waals surface area contributed by atoms with Gasteiger partial charge in [0.1, 0.15) is 11.9 Å². The first-order valence-electron chi connectivity index (χ1n) is 4.51. The number of hydrogen-bond donors (Lipinski definition) is 1. The molecule has 0 aliphatic carbocycles. The fourth-order valence-corrected chi connectivity index (χ4v) is 1.19. The van der Waals surface area contributed by atoms with Crippen molar-refractivity contribution in [1.82, 2.24) is 0 Å². The third-order valence-corrected chi connectivity index (χ3v) is 2.25. The Labute approximate surface area is 87.5 Å². The van der Waals surface area contributed by atoms with Crippen molar-refractivity contribution in [2.24, 2.45) is 0 Å². The van der Waals surface area contributed by atoms with Crippen LogP contribution in [0.5, 0.6) is 5.75 Å². The lowest BCUT2D eigenvalue weighted by Crippen LogP contribution is -2.23. The van der Waals surface area contributed by atoms with Crippen molar-refractivity contribution in [2.45, 2.75) is 19.1 Å². The minimum absolute atomic E-state index is 0.505. The Kier molecular flexibility index (Phi) is 3.62. The molecule has 0 saturated carbocycles. The monoisotopic (exact) mass is 211 g/mol. The molecule has 0 aliphatic rings. The normalized spacial score (nSPS) is 14.3. The molecule has 2 atom stereocenters. The van der Waals surface area contributed by atoms with E-state index in [4.69, 9.17) is 4.74 Å². The van der Waals surface area contributed by atoms with E-state index < -0.39 is 17.1 Å². The molecule has 0 heterocycles. The Hall–Kier alpha value is -1.62. The predicted octanol–water partition coefficient (Wildman–Crippen LogP) is 1.39. The maximum Gasteiger partial charge on any atom is 0.239 e. The summed E-state index contributed by atoms with van der Waals surface area (Å²) in [4.78, 5) is 9.95. The van der Waals surface area contributed by atoms with Crippen LogP contribution in [0.4, 0.5) is 0 Å². The Bertz CT molecular complexity index is 336. The Morgan fingerprint density at radius 3 is 2.33 bits per heavy atom.